The van der Waals surface area contributed by atoms with Gasteiger partial charge in [0.05, 0.1) is 14.2 Å². The number of nitrogens with zero attached hydrogens (tertiary/aromatic N) is 2. The molecule has 0 aliphatic carbocycles. The van der Waals surface area contributed by atoms with E-state index in [2.05, 4.69) is 26.1 Å². The summed E-state index contributed by atoms with van der Waals surface area (Å²) in [5.41, 5.74) is 0.767. The summed E-state index contributed by atoms with van der Waals surface area (Å²) in [6.45, 7) is 1.86. The Kier molecular flexibility index (Phi) is 5.23. The number of halogens is 1. The molecule has 0 N–H and O–H groups in total. The van der Waals surface area contributed by atoms with E-state index in [1.807, 2.05) is 37.3 Å². The molecule has 0 radical (unpaired) electrons. The van der Waals surface area contributed by atoms with Crippen LogP contribution in [-0.2, 0) is 0 Å². The zero-order valence-corrected chi connectivity index (χ0v) is 15.6. The molecule has 130 valence electrons. The fraction of sp³-hybridized carbons (Fsp3) is 0.222. The maximum Gasteiger partial charge on any atom is 0.267 e. The second-order valence-electron chi connectivity index (χ2n) is 5.24. The van der Waals surface area contributed by atoms with Crippen LogP contribution in [0, 0.1) is 0 Å². The highest BCUT2D eigenvalue weighted by Gasteiger charge is 2.18. The average molecular weight is 405 g/mol. The van der Waals surface area contributed by atoms with Crippen LogP contribution < -0.4 is 14.2 Å². The number of hydrogen-bond acceptors (Lipinski definition) is 6. The monoisotopic (exact) mass is 404 g/mol. The van der Waals surface area contributed by atoms with Crippen molar-refractivity contribution in [1.29, 1.82) is 0 Å². The molecule has 1 atom stereocenters. The first kappa shape index (κ1) is 17.3. The maximum absolute atomic E-state index is 5.82. The topological polar surface area (TPSA) is 66.6 Å². The largest absolute Gasteiger partial charge is 0.493 e. The zero-order valence-electron chi connectivity index (χ0n) is 14.0. The van der Waals surface area contributed by atoms with Crippen LogP contribution in [0.5, 0.6) is 17.2 Å². The smallest absolute Gasteiger partial charge is 0.267 e. The van der Waals surface area contributed by atoms with Gasteiger partial charge in [-0.3, -0.25) is 0 Å². The molecule has 0 saturated carbocycles. The lowest BCUT2D eigenvalue weighted by molar-refractivity contribution is 0.176. The molecule has 0 aliphatic heterocycles. The number of aromatic nitrogens is 2. The highest BCUT2D eigenvalue weighted by atomic mass is 79.9. The van der Waals surface area contributed by atoms with Crippen molar-refractivity contribution in [2.24, 2.45) is 0 Å². The normalized spacial score (nSPS) is 11.8. The highest BCUT2D eigenvalue weighted by molar-refractivity contribution is 9.10. The Hall–Kier alpha value is -2.54. The summed E-state index contributed by atoms with van der Waals surface area (Å²) in [7, 11) is 3.17. The van der Waals surface area contributed by atoms with Gasteiger partial charge in [0, 0.05) is 10.0 Å². The fourth-order valence-corrected chi connectivity index (χ4v) is 2.52. The van der Waals surface area contributed by atoms with E-state index < -0.39 is 0 Å². The van der Waals surface area contributed by atoms with Crippen LogP contribution in [0.25, 0.3) is 11.4 Å². The molecule has 0 bridgehead atoms. The fourth-order valence-electron chi connectivity index (χ4n) is 2.26. The van der Waals surface area contributed by atoms with Crippen molar-refractivity contribution in [3.63, 3.8) is 0 Å². The Bertz CT molecular complexity index is 849. The zero-order chi connectivity index (χ0) is 17.8. The van der Waals surface area contributed by atoms with Crippen LogP contribution in [0.3, 0.4) is 0 Å². The van der Waals surface area contributed by atoms with Gasteiger partial charge >= 0.3 is 0 Å². The minimum absolute atomic E-state index is 0.373. The Balaban J connectivity index is 1.78. The number of rotatable bonds is 6. The molecule has 3 aromatic rings. The van der Waals surface area contributed by atoms with Gasteiger partial charge in [0.2, 0.25) is 5.82 Å². The van der Waals surface area contributed by atoms with E-state index in [0.717, 1.165) is 15.8 Å². The van der Waals surface area contributed by atoms with Crippen molar-refractivity contribution in [2.45, 2.75) is 13.0 Å². The Morgan fingerprint density at radius 3 is 2.40 bits per heavy atom. The molecule has 0 amide bonds. The van der Waals surface area contributed by atoms with E-state index in [4.69, 9.17) is 18.7 Å². The Labute approximate surface area is 153 Å². The molecule has 25 heavy (non-hydrogen) atoms. The quantitative estimate of drug-likeness (QED) is 0.595. The summed E-state index contributed by atoms with van der Waals surface area (Å²) >= 11 is 3.39. The minimum atomic E-state index is -0.373. The van der Waals surface area contributed by atoms with Gasteiger partial charge in [-0.25, -0.2) is 0 Å². The van der Waals surface area contributed by atoms with Crippen molar-refractivity contribution in [3.8, 4) is 28.6 Å². The average Bonchev–Trinajstić information content (AvgIpc) is 3.13. The third kappa shape index (κ3) is 3.93. The van der Waals surface area contributed by atoms with Gasteiger partial charge in [0.25, 0.3) is 5.89 Å². The van der Waals surface area contributed by atoms with Crippen LogP contribution in [0.4, 0.5) is 0 Å². The van der Waals surface area contributed by atoms with Gasteiger partial charge in [-0.05, 0) is 49.4 Å². The second-order valence-corrected chi connectivity index (χ2v) is 6.16. The summed E-state index contributed by atoms with van der Waals surface area (Å²) in [6, 6.07) is 13.0. The summed E-state index contributed by atoms with van der Waals surface area (Å²) in [4.78, 5) is 4.42. The molecule has 0 spiro atoms. The van der Waals surface area contributed by atoms with Crippen molar-refractivity contribution in [1.82, 2.24) is 10.1 Å². The maximum atomic E-state index is 5.82. The van der Waals surface area contributed by atoms with Gasteiger partial charge in [-0.15, -0.1) is 0 Å². The third-order valence-electron chi connectivity index (χ3n) is 3.56. The SMILES string of the molecule is COc1ccc(-c2noc(C(C)Oc3ccc(Br)cc3)n2)cc1OC. The Morgan fingerprint density at radius 2 is 1.72 bits per heavy atom. The molecule has 6 nitrogen and oxygen atoms in total. The van der Waals surface area contributed by atoms with E-state index in [-0.39, 0.29) is 6.10 Å². The third-order valence-corrected chi connectivity index (χ3v) is 4.09. The van der Waals surface area contributed by atoms with Gasteiger partial charge in [0.15, 0.2) is 17.6 Å². The lowest BCUT2D eigenvalue weighted by Crippen LogP contribution is -2.03. The van der Waals surface area contributed by atoms with Crippen molar-refractivity contribution in [2.75, 3.05) is 14.2 Å². The standard InChI is InChI=1S/C18H17BrN2O4/c1-11(24-14-7-5-13(19)6-8-14)18-20-17(21-25-18)12-4-9-15(22-2)16(10-12)23-3/h4-11H,1-3H3. The predicted molar refractivity (Wildman–Crippen MR) is 96.0 cm³/mol. The van der Waals surface area contributed by atoms with Crippen LogP contribution in [0.15, 0.2) is 51.5 Å². The van der Waals surface area contributed by atoms with Crippen molar-refractivity contribution < 1.29 is 18.7 Å². The lowest BCUT2D eigenvalue weighted by Gasteiger charge is -2.10. The van der Waals surface area contributed by atoms with Gasteiger partial charge in [-0.2, -0.15) is 4.98 Å². The molecule has 0 aliphatic rings. The second kappa shape index (κ2) is 7.57. The molecular weight excluding hydrogens is 388 g/mol. The van der Waals surface area contributed by atoms with E-state index in [9.17, 15) is 0 Å². The van der Waals surface area contributed by atoms with Crippen LogP contribution in [-0.4, -0.2) is 24.4 Å². The van der Waals surface area contributed by atoms with Crippen LogP contribution in [0.1, 0.15) is 18.9 Å². The summed E-state index contributed by atoms with van der Waals surface area (Å²) in [6.07, 6.45) is -0.373. The molecule has 2 aromatic carbocycles. The molecule has 1 unspecified atom stereocenters. The van der Waals surface area contributed by atoms with Gasteiger partial charge in [-0.1, -0.05) is 21.1 Å². The molecule has 7 heteroatoms. The number of methoxy groups -OCH3 is 2. The molecular formula is C18H17BrN2O4. The summed E-state index contributed by atoms with van der Waals surface area (Å²) < 4.78 is 22.7. The first-order chi connectivity index (χ1) is 12.1. The Morgan fingerprint density at radius 1 is 1.00 bits per heavy atom. The van der Waals surface area contributed by atoms with E-state index in [1.54, 1.807) is 26.4 Å². The number of benzene rings is 2. The molecule has 0 saturated heterocycles. The van der Waals surface area contributed by atoms with Crippen LogP contribution >= 0.6 is 15.9 Å². The molecule has 1 aromatic heterocycles. The van der Waals surface area contributed by atoms with E-state index in [1.165, 1.54) is 0 Å². The summed E-state index contributed by atoms with van der Waals surface area (Å²) in [5, 5.41) is 4.02. The lowest BCUT2D eigenvalue weighted by atomic mass is 10.2. The van der Waals surface area contributed by atoms with E-state index >= 15 is 0 Å². The van der Waals surface area contributed by atoms with E-state index in [0.29, 0.717) is 23.2 Å². The minimum Gasteiger partial charge on any atom is -0.493 e. The molecule has 3 rings (SSSR count). The van der Waals surface area contributed by atoms with Crippen LogP contribution in [0.2, 0.25) is 0 Å². The van der Waals surface area contributed by atoms with Crippen molar-refractivity contribution >= 4 is 15.9 Å². The molecule has 0 fully saturated rings. The highest BCUT2D eigenvalue weighted by Crippen LogP contribution is 2.32. The number of ether oxygens (including phenoxy) is 3. The van der Waals surface area contributed by atoms with Gasteiger partial charge < -0.3 is 18.7 Å². The van der Waals surface area contributed by atoms with Crippen molar-refractivity contribution in [3.05, 3.63) is 52.8 Å². The molecule has 1 heterocycles. The summed E-state index contributed by atoms with van der Waals surface area (Å²) in [5.74, 6) is 2.82. The first-order valence-electron chi connectivity index (χ1n) is 7.59. The number of hydrogen-bond donors (Lipinski definition) is 0. The predicted octanol–water partition coefficient (Wildman–Crippen LogP) is 4.66. The van der Waals surface area contributed by atoms with Gasteiger partial charge in [0.1, 0.15) is 5.75 Å². The first-order valence-corrected chi connectivity index (χ1v) is 8.38.